The van der Waals surface area contributed by atoms with Gasteiger partial charge in [-0.3, -0.25) is 0 Å². The molecule has 14 heavy (non-hydrogen) atoms. The monoisotopic (exact) mass is 212 g/mol. The van der Waals surface area contributed by atoms with E-state index in [0.717, 1.165) is 16.2 Å². The normalized spacial score (nSPS) is 11.5. The summed E-state index contributed by atoms with van der Waals surface area (Å²) in [5.41, 5.74) is 0.110. The van der Waals surface area contributed by atoms with Gasteiger partial charge in [0.25, 0.3) is 0 Å². The molecule has 1 aromatic rings. The fraction of sp³-hybridized carbons (Fsp3) is 0.455. The number of rotatable bonds is 3. The maximum atomic E-state index is 9.82. The van der Waals surface area contributed by atoms with E-state index in [-0.39, 0.29) is 0 Å². The number of aliphatic hydroxyl groups is 1. The van der Waals surface area contributed by atoms with Crippen molar-refractivity contribution in [2.24, 2.45) is 0 Å². The van der Waals surface area contributed by atoms with E-state index >= 15 is 0 Å². The van der Waals surface area contributed by atoms with Gasteiger partial charge in [-0.2, -0.15) is 0 Å². The summed E-state index contributed by atoms with van der Waals surface area (Å²) in [5, 5.41) is 9.82. The van der Waals surface area contributed by atoms with Crippen LogP contribution in [0.3, 0.4) is 0 Å². The smallest absolute Gasteiger partial charge is 0.132 e. The summed E-state index contributed by atoms with van der Waals surface area (Å²) >= 11 is 1.61. The van der Waals surface area contributed by atoms with E-state index in [1.54, 1.807) is 32.7 Å². The third-order valence-electron chi connectivity index (χ3n) is 2.09. The van der Waals surface area contributed by atoms with E-state index < -0.39 is 5.60 Å². The van der Waals surface area contributed by atoms with Crippen LogP contribution in [0.5, 0.6) is 5.75 Å². The number of benzene rings is 1. The number of hydrogen-bond donors (Lipinski definition) is 1. The summed E-state index contributed by atoms with van der Waals surface area (Å²) in [6.07, 6.45) is 1.99. The Labute approximate surface area is 89.3 Å². The van der Waals surface area contributed by atoms with Gasteiger partial charge in [-0.05, 0) is 37.8 Å². The van der Waals surface area contributed by atoms with Crippen molar-refractivity contribution in [1.82, 2.24) is 0 Å². The molecule has 0 saturated carbocycles. The fourth-order valence-corrected chi connectivity index (χ4v) is 1.81. The first-order chi connectivity index (χ1) is 6.49. The third-order valence-corrected chi connectivity index (χ3v) is 2.85. The quantitative estimate of drug-likeness (QED) is 0.781. The van der Waals surface area contributed by atoms with Crippen LogP contribution in [-0.4, -0.2) is 18.5 Å². The van der Waals surface area contributed by atoms with E-state index in [0.29, 0.717) is 0 Å². The van der Waals surface area contributed by atoms with Crippen LogP contribution < -0.4 is 4.74 Å². The van der Waals surface area contributed by atoms with E-state index in [4.69, 9.17) is 4.74 Å². The van der Waals surface area contributed by atoms with Gasteiger partial charge in [0.15, 0.2) is 0 Å². The molecular weight excluding hydrogens is 196 g/mol. The molecule has 1 N–H and O–H groups in total. The Morgan fingerprint density at radius 3 is 2.43 bits per heavy atom. The van der Waals surface area contributed by atoms with Crippen molar-refractivity contribution in [1.29, 1.82) is 0 Å². The Morgan fingerprint density at radius 2 is 2.00 bits per heavy atom. The van der Waals surface area contributed by atoms with Gasteiger partial charge in [-0.25, -0.2) is 0 Å². The molecule has 0 heterocycles. The first kappa shape index (κ1) is 11.4. The Morgan fingerprint density at radius 1 is 1.36 bits per heavy atom. The van der Waals surface area contributed by atoms with Crippen LogP contribution in [0.4, 0.5) is 0 Å². The molecule has 0 amide bonds. The lowest BCUT2D eigenvalue weighted by molar-refractivity contribution is 0.0783. The zero-order chi connectivity index (χ0) is 10.8. The van der Waals surface area contributed by atoms with Crippen LogP contribution in [-0.2, 0) is 5.60 Å². The standard InChI is InChI=1S/C11H16O2S/c1-11(2,12)8-5-6-9(13-3)10(7-8)14-4/h5-7,12H,1-4H3. The summed E-state index contributed by atoms with van der Waals surface area (Å²) in [6, 6.07) is 5.74. The average molecular weight is 212 g/mol. The van der Waals surface area contributed by atoms with Crippen molar-refractivity contribution >= 4 is 11.8 Å². The lowest BCUT2D eigenvalue weighted by Gasteiger charge is -2.19. The predicted octanol–water partition coefficient (Wildman–Crippen LogP) is 2.64. The summed E-state index contributed by atoms with van der Waals surface area (Å²) in [6.45, 7) is 3.55. The largest absolute Gasteiger partial charge is 0.496 e. The van der Waals surface area contributed by atoms with Gasteiger partial charge in [0.1, 0.15) is 5.75 Å². The van der Waals surface area contributed by atoms with E-state index in [2.05, 4.69) is 0 Å². The molecule has 78 valence electrons. The molecule has 0 aliphatic rings. The molecule has 0 atom stereocenters. The van der Waals surface area contributed by atoms with Gasteiger partial charge in [-0.1, -0.05) is 6.07 Å². The molecule has 0 fully saturated rings. The first-order valence-corrected chi connectivity index (χ1v) is 5.66. The van der Waals surface area contributed by atoms with Gasteiger partial charge in [0.05, 0.1) is 12.7 Å². The predicted molar refractivity (Wildman–Crippen MR) is 60.0 cm³/mol. The van der Waals surface area contributed by atoms with Crippen LogP contribution in [0.25, 0.3) is 0 Å². The zero-order valence-electron chi connectivity index (χ0n) is 9.00. The zero-order valence-corrected chi connectivity index (χ0v) is 9.81. The first-order valence-electron chi connectivity index (χ1n) is 4.44. The number of hydrogen-bond acceptors (Lipinski definition) is 3. The topological polar surface area (TPSA) is 29.5 Å². The Bertz CT molecular complexity index is 316. The van der Waals surface area contributed by atoms with Crippen LogP contribution in [0.1, 0.15) is 19.4 Å². The minimum Gasteiger partial charge on any atom is -0.496 e. The van der Waals surface area contributed by atoms with Gasteiger partial charge < -0.3 is 9.84 Å². The van der Waals surface area contributed by atoms with Crippen LogP contribution >= 0.6 is 11.8 Å². The highest BCUT2D eigenvalue weighted by Gasteiger charge is 2.17. The molecule has 0 saturated heterocycles. The molecule has 0 aliphatic carbocycles. The second kappa shape index (κ2) is 4.24. The lowest BCUT2D eigenvalue weighted by atomic mass is 9.98. The number of methoxy groups -OCH3 is 1. The van der Waals surface area contributed by atoms with Gasteiger partial charge in [-0.15, -0.1) is 11.8 Å². The van der Waals surface area contributed by atoms with E-state index in [1.165, 1.54) is 0 Å². The van der Waals surface area contributed by atoms with Crippen molar-refractivity contribution in [3.63, 3.8) is 0 Å². The second-order valence-corrected chi connectivity index (χ2v) is 4.48. The summed E-state index contributed by atoms with van der Waals surface area (Å²) in [7, 11) is 1.65. The molecule has 0 radical (unpaired) electrons. The molecule has 0 aromatic heterocycles. The molecular formula is C11H16O2S. The third kappa shape index (κ3) is 2.42. The minimum atomic E-state index is -0.795. The lowest BCUT2D eigenvalue weighted by Crippen LogP contribution is -2.15. The molecule has 1 aromatic carbocycles. The molecule has 0 bridgehead atoms. The molecule has 0 spiro atoms. The van der Waals surface area contributed by atoms with Crippen LogP contribution in [0.2, 0.25) is 0 Å². The fourth-order valence-electron chi connectivity index (χ4n) is 1.22. The highest BCUT2D eigenvalue weighted by molar-refractivity contribution is 7.98. The maximum absolute atomic E-state index is 9.82. The molecule has 2 nitrogen and oxygen atoms in total. The summed E-state index contributed by atoms with van der Waals surface area (Å²) in [4.78, 5) is 1.05. The van der Waals surface area contributed by atoms with Crippen LogP contribution in [0, 0.1) is 0 Å². The highest BCUT2D eigenvalue weighted by atomic mass is 32.2. The minimum absolute atomic E-state index is 0.795. The number of thioether (sulfide) groups is 1. The van der Waals surface area contributed by atoms with Crippen molar-refractivity contribution in [2.75, 3.05) is 13.4 Å². The highest BCUT2D eigenvalue weighted by Crippen LogP contribution is 2.31. The van der Waals surface area contributed by atoms with E-state index in [9.17, 15) is 5.11 Å². The average Bonchev–Trinajstić information content (AvgIpc) is 2.15. The summed E-state index contributed by atoms with van der Waals surface area (Å²) < 4.78 is 5.20. The Hall–Kier alpha value is -0.670. The molecule has 0 unspecified atom stereocenters. The SMILES string of the molecule is COc1ccc(C(C)(C)O)cc1SC. The van der Waals surface area contributed by atoms with Crippen molar-refractivity contribution in [3.05, 3.63) is 23.8 Å². The van der Waals surface area contributed by atoms with E-state index in [1.807, 2.05) is 24.5 Å². The second-order valence-electron chi connectivity index (χ2n) is 3.63. The van der Waals surface area contributed by atoms with Crippen molar-refractivity contribution < 1.29 is 9.84 Å². The van der Waals surface area contributed by atoms with Crippen molar-refractivity contribution in [2.45, 2.75) is 24.3 Å². The number of ether oxygens (including phenoxy) is 1. The summed E-state index contributed by atoms with van der Waals surface area (Å²) in [5.74, 6) is 0.852. The Kier molecular flexibility index (Phi) is 3.45. The molecule has 3 heteroatoms. The Balaban J connectivity index is 3.14. The van der Waals surface area contributed by atoms with Crippen LogP contribution in [0.15, 0.2) is 23.1 Å². The van der Waals surface area contributed by atoms with Gasteiger partial charge >= 0.3 is 0 Å². The van der Waals surface area contributed by atoms with Crippen molar-refractivity contribution in [3.8, 4) is 5.75 Å². The maximum Gasteiger partial charge on any atom is 0.132 e. The van der Waals surface area contributed by atoms with Gasteiger partial charge in [0, 0.05) is 4.90 Å². The molecule has 0 aliphatic heterocycles. The molecule has 1 rings (SSSR count). The van der Waals surface area contributed by atoms with Gasteiger partial charge in [0.2, 0.25) is 0 Å².